The van der Waals surface area contributed by atoms with Crippen LogP contribution in [0.2, 0.25) is 0 Å². The minimum absolute atomic E-state index is 0.0389. The van der Waals surface area contributed by atoms with E-state index in [1.54, 1.807) is 35.2 Å². The lowest BCUT2D eigenvalue weighted by atomic mass is 10.2. The van der Waals surface area contributed by atoms with Crippen molar-refractivity contribution < 1.29 is 27.4 Å². The number of sulfonamides is 1. The molecule has 9 heteroatoms. The summed E-state index contributed by atoms with van der Waals surface area (Å²) in [6, 6.07) is 11.3. The first-order valence-corrected chi connectivity index (χ1v) is 10.8. The maximum atomic E-state index is 12.7. The highest BCUT2D eigenvalue weighted by atomic mass is 32.2. The van der Waals surface area contributed by atoms with Crippen LogP contribution in [0.4, 0.5) is 0 Å². The standard InChI is InChI=1S/C20H22N2O6S/c1-14-12-22(7-8-26-14)20(23)16-3-2-4-17(10-16)29(24,25)21-11-15-5-6-18-19(9-15)28-13-27-18/h2-6,9-10,14,21H,7-8,11-13H2,1H3. The summed E-state index contributed by atoms with van der Waals surface area (Å²) in [6.07, 6.45) is -0.0389. The van der Waals surface area contributed by atoms with Gasteiger partial charge in [0.1, 0.15) is 0 Å². The highest BCUT2D eigenvalue weighted by molar-refractivity contribution is 7.89. The smallest absolute Gasteiger partial charge is 0.254 e. The SMILES string of the molecule is CC1CN(C(=O)c2cccc(S(=O)(=O)NCc3ccc4c(c3)OCO4)c2)CCO1. The van der Waals surface area contributed by atoms with Gasteiger partial charge >= 0.3 is 0 Å². The Kier molecular flexibility index (Phi) is 5.44. The van der Waals surface area contributed by atoms with E-state index < -0.39 is 10.0 Å². The lowest BCUT2D eigenvalue weighted by Gasteiger charge is -2.31. The maximum absolute atomic E-state index is 12.7. The molecule has 2 aromatic rings. The molecule has 2 aromatic carbocycles. The summed E-state index contributed by atoms with van der Waals surface area (Å²) < 4.78 is 44.1. The molecule has 8 nitrogen and oxygen atoms in total. The van der Waals surface area contributed by atoms with Gasteiger partial charge in [-0.1, -0.05) is 12.1 Å². The van der Waals surface area contributed by atoms with Crippen molar-refractivity contribution in [2.45, 2.75) is 24.5 Å². The van der Waals surface area contributed by atoms with Crippen LogP contribution in [-0.2, 0) is 21.3 Å². The molecule has 0 aromatic heterocycles. The first kappa shape index (κ1) is 19.7. The van der Waals surface area contributed by atoms with E-state index in [1.807, 2.05) is 6.92 Å². The van der Waals surface area contributed by atoms with Crippen LogP contribution in [0.3, 0.4) is 0 Å². The number of carbonyl (C=O) groups is 1. The molecule has 1 atom stereocenters. The van der Waals surface area contributed by atoms with E-state index >= 15 is 0 Å². The number of benzene rings is 2. The molecule has 0 bridgehead atoms. The number of hydrogen-bond acceptors (Lipinski definition) is 6. The van der Waals surface area contributed by atoms with Crippen LogP contribution in [0.1, 0.15) is 22.8 Å². The van der Waals surface area contributed by atoms with Gasteiger partial charge in [0, 0.05) is 25.2 Å². The topological polar surface area (TPSA) is 94.2 Å². The van der Waals surface area contributed by atoms with Crippen LogP contribution < -0.4 is 14.2 Å². The van der Waals surface area contributed by atoms with Crippen molar-refractivity contribution in [1.82, 2.24) is 9.62 Å². The lowest BCUT2D eigenvalue weighted by molar-refractivity contribution is -0.0124. The molecule has 1 N–H and O–H groups in total. The zero-order valence-electron chi connectivity index (χ0n) is 16.0. The molecule has 0 spiro atoms. The number of hydrogen-bond donors (Lipinski definition) is 1. The maximum Gasteiger partial charge on any atom is 0.254 e. The third-order valence-electron chi connectivity index (χ3n) is 4.82. The molecule has 0 aliphatic carbocycles. The summed E-state index contributed by atoms with van der Waals surface area (Å²) in [4.78, 5) is 14.5. The number of nitrogens with zero attached hydrogens (tertiary/aromatic N) is 1. The monoisotopic (exact) mass is 418 g/mol. The van der Waals surface area contributed by atoms with Gasteiger partial charge < -0.3 is 19.1 Å². The number of carbonyl (C=O) groups excluding carboxylic acids is 1. The summed E-state index contributed by atoms with van der Waals surface area (Å²) in [6.45, 7) is 3.61. The van der Waals surface area contributed by atoms with Crippen molar-refractivity contribution in [2.24, 2.45) is 0 Å². The van der Waals surface area contributed by atoms with E-state index in [1.165, 1.54) is 12.1 Å². The van der Waals surface area contributed by atoms with Gasteiger partial charge in [0.05, 0.1) is 17.6 Å². The Morgan fingerprint density at radius 1 is 1.17 bits per heavy atom. The third-order valence-corrected chi connectivity index (χ3v) is 6.22. The zero-order chi connectivity index (χ0) is 20.4. The Hall–Kier alpha value is -2.62. The molecular weight excluding hydrogens is 396 g/mol. The fourth-order valence-corrected chi connectivity index (χ4v) is 4.36. The van der Waals surface area contributed by atoms with Crippen LogP contribution in [0.25, 0.3) is 0 Å². The van der Waals surface area contributed by atoms with Crippen molar-refractivity contribution in [3.8, 4) is 11.5 Å². The Morgan fingerprint density at radius 2 is 2.00 bits per heavy atom. The highest BCUT2D eigenvalue weighted by Crippen LogP contribution is 2.32. The van der Waals surface area contributed by atoms with Crippen molar-refractivity contribution in [2.75, 3.05) is 26.5 Å². The number of rotatable bonds is 5. The number of fused-ring (bicyclic) bond motifs is 1. The van der Waals surface area contributed by atoms with Crippen LogP contribution in [-0.4, -0.2) is 51.8 Å². The van der Waals surface area contributed by atoms with Gasteiger partial charge in [-0.2, -0.15) is 0 Å². The molecule has 0 saturated carbocycles. The zero-order valence-corrected chi connectivity index (χ0v) is 16.8. The Balaban J connectivity index is 1.47. The largest absolute Gasteiger partial charge is 0.454 e. The molecule has 29 heavy (non-hydrogen) atoms. The third kappa shape index (κ3) is 4.36. The van der Waals surface area contributed by atoms with Gasteiger partial charge in [-0.3, -0.25) is 4.79 Å². The molecular formula is C20H22N2O6S. The summed E-state index contributed by atoms with van der Waals surface area (Å²) in [5.41, 5.74) is 1.08. The molecule has 1 fully saturated rings. The molecule has 1 unspecified atom stereocenters. The van der Waals surface area contributed by atoms with Crippen molar-refractivity contribution in [1.29, 1.82) is 0 Å². The fraction of sp³-hybridized carbons (Fsp3) is 0.350. The van der Waals surface area contributed by atoms with E-state index in [2.05, 4.69) is 4.72 Å². The molecule has 0 radical (unpaired) electrons. The second-order valence-electron chi connectivity index (χ2n) is 6.97. The Bertz CT molecular complexity index is 1020. The van der Waals surface area contributed by atoms with E-state index in [0.717, 1.165) is 5.56 Å². The van der Waals surface area contributed by atoms with Crippen molar-refractivity contribution in [3.05, 3.63) is 53.6 Å². The number of amides is 1. The second-order valence-corrected chi connectivity index (χ2v) is 8.74. The molecule has 154 valence electrons. The second kappa shape index (κ2) is 8.02. The Labute approximate surface area is 169 Å². The highest BCUT2D eigenvalue weighted by Gasteiger charge is 2.24. The Morgan fingerprint density at radius 3 is 2.83 bits per heavy atom. The van der Waals surface area contributed by atoms with Gasteiger partial charge in [0.15, 0.2) is 11.5 Å². The summed E-state index contributed by atoms with van der Waals surface area (Å²) in [5.74, 6) is 1.03. The predicted molar refractivity (Wildman–Crippen MR) is 104 cm³/mol. The predicted octanol–water partition coefficient (Wildman–Crippen LogP) is 1.75. The quantitative estimate of drug-likeness (QED) is 0.795. The van der Waals surface area contributed by atoms with Crippen LogP contribution in [0.15, 0.2) is 47.4 Å². The number of morpholine rings is 1. The molecule has 1 amide bonds. The first-order valence-electron chi connectivity index (χ1n) is 9.31. The number of ether oxygens (including phenoxy) is 3. The van der Waals surface area contributed by atoms with E-state index in [4.69, 9.17) is 14.2 Å². The normalized spacial score (nSPS) is 18.7. The fourth-order valence-electron chi connectivity index (χ4n) is 3.29. The van der Waals surface area contributed by atoms with Gasteiger partial charge in [0.2, 0.25) is 16.8 Å². The van der Waals surface area contributed by atoms with Crippen LogP contribution in [0, 0.1) is 0 Å². The number of nitrogens with one attached hydrogen (secondary N) is 1. The minimum atomic E-state index is -3.79. The van der Waals surface area contributed by atoms with Crippen molar-refractivity contribution in [3.63, 3.8) is 0 Å². The van der Waals surface area contributed by atoms with Gasteiger partial charge in [-0.25, -0.2) is 13.1 Å². The molecule has 1 saturated heterocycles. The summed E-state index contributed by atoms with van der Waals surface area (Å²) in [7, 11) is -3.79. The molecule has 2 aliphatic heterocycles. The van der Waals surface area contributed by atoms with E-state index in [-0.39, 0.29) is 30.2 Å². The van der Waals surface area contributed by atoms with Crippen LogP contribution in [0.5, 0.6) is 11.5 Å². The lowest BCUT2D eigenvalue weighted by Crippen LogP contribution is -2.44. The first-order chi connectivity index (χ1) is 13.9. The molecule has 2 heterocycles. The summed E-state index contributed by atoms with van der Waals surface area (Å²) >= 11 is 0. The summed E-state index contributed by atoms with van der Waals surface area (Å²) in [5, 5.41) is 0. The van der Waals surface area contributed by atoms with Gasteiger partial charge in [-0.15, -0.1) is 0 Å². The van der Waals surface area contributed by atoms with Crippen LogP contribution >= 0.6 is 0 Å². The van der Waals surface area contributed by atoms with Gasteiger partial charge in [-0.05, 0) is 42.8 Å². The van der Waals surface area contributed by atoms with E-state index in [0.29, 0.717) is 36.8 Å². The van der Waals surface area contributed by atoms with E-state index in [9.17, 15) is 13.2 Å². The molecule has 2 aliphatic rings. The average molecular weight is 418 g/mol. The van der Waals surface area contributed by atoms with Crippen molar-refractivity contribution >= 4 is 15.9 Å². The average Bonchev–Trinajstić information content (AvgIpc) is 3.20. The van der Waals surface area contributed by atoms with Gasteiger partial charge in [0.25, 0.3) is 5.91 Å². The minimum Gasteiger partial charge on any atom is -0.454 e. The molecule has 4 rings (SSSR count).